The number of aromatic nitrogens is 3. The number of hydrogen-bond donors (Lipinski definition) is 3. The summed E-state index contributed by atoms with van der Waals surface area (Å²) >= 11 is 0. The van der Waals surface area contributed by atoms with E-state index < -0.39 is 0 Å². The molecule has 2 heterocycles. The van der Waals surface area contributed by atoms with Gasteiger partial charge in [0.1, 0.15) is 17.3 Å². The Labute approximate surface area is 162 Å². The molecule has 0 bridgehead atoms. The Kier molecular flexibility index (Phi) is 5.91. The number of aryl methyl sites for hydroxylation is 1. The Morgan fingerprint density at radius 3 is 2.32 bits per heavy atom. The third-order valence-corrected chi connectivity index (χ3v) is 3.75. The highest BCUT2D eigenvalue weighted by Crippen LogP contribution is 2.18. The number of carbonyl (C=O) groups is 2. The second-order valence-electron chi connectivity index (χ2n) is 6.11. The van der Waals surface area contributed by atoms with Gasteiger partial charge in [-0.05, 0) is 48.9 Å². The van der Waals surface area contributed by atoms with Crippen LogP contribution in [0.4, 0.5) is 17.2 Å². The fraction of sp³-hybridized carbons (Fsp3) is 0.150. The average molecular weight is 376 g/mol. The van der Waals surface area contributed by atoms with E-state index in [4.69, 9.17) is 0 Å². The summed E-state index contributed by atoms with van der Waals surface area (Å²) in [5, 5.41) is 8.68. The van der Waals surface area contributed by atoms with Gasteiger partial charge in [-0.1, -0.05) is 0 Å². The SMILES string of the molecule is CC(=O)Nc1ccc(Nc2cc(C(=O)NCc3ccncc3)nc(C)n2)cc1. The first-order valence-electron chi connectivity index (χ1n) is 8.67. The summed E-state index contributed by atoms with van der Waals surface area (Å²) in [4.78, 5) is 36.0. The van der Waals surface area contributed by atoms with Gasteiger partial charge in [0, 0.05) is 43.3 Å². The molecule has 142 valence electrons. The van der Waals surface area contributed by atoms with Gasteiger partial charge >= 0.3 is 0 Å². The van der Waals surface area contributed by atoms with E-state index in [2.05, 4.69) is 30.9 Å². The van der Waals surface area contributed by atoms with Crippen LogP contribution in [0.25, 0.3) is 0 Å². The van der Waals surface area contributed by atoms with Crippen molar-refractivity contribution < 1.29 is 9.59 Å². The van der Waals surface area contributed by atoms with Gasteiger partial charge in [0.15, 0.2) is 0 Å². The largest absolute Gasteiger partial charge is 0.347 e. The van der Waals surface area contributed by atoms with Crippen LogP contribution in [-0.4, -0.2) is 26.8 Å². The number of rotatable bonds is 6. The number of hydrogen-bond acceptors (Lipinski definition) is 6. The molecule has 28 heavy (non-hydrogen) atoms. The van der Waals surface area contributed by atoms with E-state index in [9.17, 15) is 9.59 Å². The molecule has 8 heteroatoms. The van der Waals surface area contributed by atoms with Crippen molar-refractivity contribution >= 4 is 29.0 Å². The van der Waals surface area contributed by atoms with Gasteiger partial charge in [0.25, 0.3) is 5.91 Å². The molecule has 2 aromatic heterocycles. The zero-order chi connectivity index (χ0) is 19.9. The molecule has 3 N–H and O–H groups in total. The normalized spacial score (nSPS) is 10.2. The second kappa shape index (κ2) is 8.72. The van der Waals surface area contributed by atoms with Crippen LogP contribution in [0.3, 0.4) is 0 Å². The highest BCUT2D eigenvalue weighted by atomic mass is 16.2. The van der Waals surface area contributed by atoms with Gasteiger partial charge in [-0.3, -0.25) is 14.6 Å². The Morgan fingerprint density at radius 1 is 0.964 bits per heavy atom. The van der Waals surface area contributed by atoms with Gasteiger partial charge in [0.2, 0.25) is 5.91 Å². The molecule has 1 aromatic carbocycles. The molecule has 0 aliphatic rings. The molecule has 0 saturated carbocycles. The average Bonchev–Trinajstić information content (AvgIpc) is 2.67. The van der Waals surface area contributed by atoms with E-state index in [1.807, 2.05) is 24.3 Å². The van der Waals surface area contributed by atoms with Crippen molar-refractivity contribution in [2.24, 2.45) is 0 Å². The lowest BCUT2D eigenvalue weighted by molar-refractivity contribution is -0.114. The first-order valence-corrected chi connectivity index (χ1v) is 8.67. The van der Waals surface area contributed by atoms with Crippen LogP contribution in [-0.2, 0) is 11.3 Å². The predicted octanol–water partition coefficient (Wildman–Crippen LogP) is 2.81. The van der Waals surface area contributed by atoms with Gasteiger partial charge < -0.3 is 16.0 Å². The number of benzene rings is 1. The third kappa shape index (κ3) is 5.34. The summed E-state index contributed by atoms with van der Waals surface area (Å²) < 4.78 is 0. The maximum absolute atomic E-state index is 12.4. The van der Waals surface area contributed by atoms with E-state index in [1.165, 1.54) is 6.92 Å². The standard InChI is InChI=1S/C20H20N6O2/c1-13-23-18(20(28)22-12-15-7-9-21-10-8-15)11-19(24-13)26-17-5-3-16(4-6-17)25-14(2)27/h3-11H,12H2,1-2H3,(H,22,28)(H,25,27)(H,23,24,26). The predicted molar refractivity (Wildman–Crippen MR) is 106 cm³/mol. The van der Waals surface area contributed by atoms with Gasteiger partial charge in [-0.25, -0.2) is 9.97 Å². The summed E-state index contributed by atoms with van der Waals surface area (Å²) in [5.41, 5.74) is 2.70. The Balaban J connectivity index is 1.68. The highest BCUT2D eigenvalue weighted by molar-refractivity contribution is 5.93. The Hall–Kier alpha value is -3.81. The van der Waals surface area contributed by atoms with Crippen LogP contribution < -0.4 is 16.0 Å². The highest BCUT2D eigenvalue weighted by Gasteiger charge is 2.11. The molecule has 0 atom stereocenters. The number of amides is 2. The van der Waals surface area contributed by atoms with Crippen LogP contribution in [0.1, 0.15) is 28.8 Å². The number of anilines is 3. The first-order chi connectivity index (χ1) is 13.5. The molecule has 8 nitrogen and oxygen atoms in total. The molecular weight excluding hydrogens is 356 g/mol. The second-order valence-corrected chi connectivity index (χ2v) is 6.11. The van der Waals surface area contributed by atoms with E-state index >= 15 is 0 Å². The van der Waals surface area contributed by atoms with Gasteiger partial charge in [-0.15, -0.1) is 0 Å². The molecule has 0 aliphatic carbocycles. The molecule has 3 aromatic rings. The summed E-state index contributed by atoms with van der Waals surface area (Å²) in [6, 6.07) is 12.4. The Morgan fingerprint density at radius 2 is 1.64 bits per heavy atom. The minimum absolute atomic E-state index is 0.130. The summed E-state index contributed by atoms with van der Waals surface area (Å²) in [7, 11) is 0. The number of carbonyl (C=O) groups excluding carboxylic acids is 2. The smallest absolute Gasteiger partial charge is 0.270 e. The van der Waals surface area contributed by atoms with E-state index in [0.717, 1.165) is 11.3 Å². The lowest BCUT2D eigenvalue weighted by atomic mass is 10.2. The lowest BCUT2D eigenvalue weighted by Gasteiger charge is -2.10. The van der Waals surface area contributed by atoms with Crippen molar-refractivity contribution in [1.82, 2.24) is 20.3 Å². The fourth-order valence-electron chi connectivity index (χ4n) is 2.51. The van der Waals surface area contributed by atoms with E-state index in [0.29, 0.717) is 23.9 Å². The first kappa shape index (κ1) is 19.0. The van der Waals surface area contributed by atoms with Crippen molar-refractivity contribution in [2.75, 3.05) is 10.6 Å². The van der Waals surface area contributed by atoms with Gasteiger partial charge in [0.05, 0.1) is 0 Å². The van der Waals surface area contributed by atoms with Crippen molar-refractivity contribution in [2.45, 2.75) is 20.4 Å². The van der Waals surface area contributed by atoms with Crippen LogP contribution >= 0.6 is 0 Å². The van der Waals surface area contributed by atoms with Crippen LogP contribution in [0.15, 0.2) is 54.9 Å². The van der Waals surface area contributed by atoms with E-state index in [-0.39, 0.29) is 17.5 Å². The third-order valence-electron chi connectivity index (χ3n) is 3.75. The lowest BCUT2D eigenvalue weighted by Crippen LogP contribution is -2.24. The molecule has 0 saturated heterocycles. The summed E-state index contributed by atoms with van der Waals surface area (Å²) in [6.45, 7) is 3.57. The molecule has 0 aliphatic heterocycles. The molecule has 0 radical (unpaired) electrons. The van der Waals surface area contributed by atoms with Crippen molar-refractivity contribution in [1.29, 1.82) is 0 Å². The monoisotopic (exact) mass is 376 g/mol. The molecule has 0 unspecified atom stereocenters. The number of nitrogens with zero attached hydrogens (tertiary/aromatic N) is 3. The van der Waals surface area contributed by atoms with Crippen LogP contribution in [0, 0.1) is 6.92 Å². The molecule has 2 amide bonds. The minimum Gasteiger partial charge on any atom is -0.347 e. The number of nitrogens with one attached hydrogen (secondary N) is 3. The van der Waals surface area contributed by atoms with Crippen molar-refractivity contribution in [3.05, 3.63) is 71.9 Å². The van der Waals surface area contributed by atoms with Crippen molar-refractivity contribution in [3.63, 3.8) is 0 Å². The van der Waals surface area contributed by atoms with Crippen LogP contribution in [0.2, 0.25) is 0 Å². The molecular formula is C20H20N6O2. The summed E-state index contributed by atoms with van der Waals surface area (Å²) in [6.07, 6.45) is 3.35. The Bertz CT molecular complexity index is 974. The molecule has 0 fully saturated rings. The topological polar surface area (TPSA) is 109 Å². The zero-order valence-corrected chi connectivity index (χ0v) is 15.6. The van der Waals surface area contributed by atoms with E-state index in [1.54, 1.807) is 37.5 Å². The maximum atomic E-state index is 12.4. The molecule has 3 rings (SSSR count). The summed E-state index contributed by atoms with van der Waals surface area (Å²) in [5.74, 6) is 0.573. The molecule has 0 spiro atoms. The number of pyridine rings is 1. The fourth-order valence-corrected chi connectivity index (χ4v) is 2.51. The van der Waals surface area contributed by atoms with Gasteiger partial charge in [-0.2, -0.15) is 0 Å². The van der Waals surface area contributed by atoms with Crippen LogP contribution in [0.5, 0.6) is 0 Å². The minimum atomic E-state index is -0.286. The zero-order valence-electron chi connectivity index (χ0n) is 15.6. The maximum Gasteiger partial charge on any atom is 0.270 e. The van der Waals surface area contributed by atoms with Crippen molar-refractivity contribution in [3.8, 4) is 0 Å². The quantitative estimate of drug-likeness (QED) is 0.610.